The van der Waals surface area contributed by atoms with Crippen molar-refractivity contribution in [3.05, 3.63) is 65.2 Å². The van der Waals surface area contributed by atoms with Crippen molar-refractivity contribution < 1.29 is 33.0 Å². The minimum atomic E-state index is -4.30. The zero-order chi connectivity index (χ0) is 27.1. The highest BCUT2D eigenvalue weighted by atomic mass is 32.2. The van der Waals surface area contributed by atoms with Crippen molar-refractivity contribution in [3.8, 4) is 0 Å². The summed E-state index contributed by atoms with van der Waals surface area (Å²) in [6.45, 7) is 0. The Kier molecular flexibility index (Phi) is 14.4. The second-order valence-corrected chi connectivity index (χ2v) is 12.3. The highest BCUT2D eigenvalue weighted by Crippen LogP contribution is 2.42. The summed E-state index contributed by atoms with van der Waals surface area (Å²) in [7, 11) is 0. The van der Waals surface area contributed by atoms with Crippen LogP contribution in [0.15, 0.2) is 53.4 Å². The molecule has 0 aliphatic rings. The standard InChI is InChI=1S/C27H33F3O4S3/c28-27(29,30)21-11-13-22(14-12-21)35-17-7-3-1-2-4-8-20-9-5-6-10-23(20)26(36-18-15-24(31)32)37-19-16-25(33)34/h5-6,9-14,26H,1-4,7-8,15-19H2,(H,31,32)(H,33,34). The number of aliphatic carboxylic acids is 2. The molecule has 0 fully saturated rings. The molecule has 37 heavy (non-hydrogen) atoms. The average molecular weight is 575 g/mol. The summed E-state index contributed by atoms with van der Waals surface area (Å²) in [5, 5.41) is 18.0. The largest absolute Gasteiger partial charge is 0.481 e. The van der Waals surface area contributed by atoms with E-state index in [0.717, 1.165) is 66.9 Å². The molecular weight excluding hydrogens is 541 g/mol. The average Bonchev–Trinajstić information content (AvgIpc) is 2.84. The van der Waals surface area contributed by atoms with Crippen LogP contribution in [-0.2, 0) is 22.2 Å². The molecule has 0 aliphatic carbocycles. The lowest BCUT2D eigenvalue weighted by molar-refractivity contribution is -0.138. The van der Waals surface area contributed by atoms with Crippen molar-refractivity contribution in [1.82, 2.24) is 0 Å². The van der Waals surface area contributed by atoms with Crippen LogP contribution in [0.4, 0.5) is 13.2 Å². The van der Waals surface area contributed by atoms with Crippen molar-refractivity contribution in [2.45, 2.75) is 67.0 Å². The van der Waals surface area contributed by atoms with E-state index in [0.29, 0.717) is 11.5 Å². The van der Waals surface area contributed by atoms with Crippen LogP contribution in [0.5, 0.6) is 0 Å². The molecule has 0 radical (unpaired) electrons. The molecule has 0 amide bonds. The van der Waals surface area contributed by atoms with Crippen LogP contribution < -0.4 is 0 Å². The summed E-state index contributed by atoms with van der Waals surface area (Å²) in [5.41, 5.74) is 1.74. The molecule has 0 atom stereocenters. The number of carbonyl (C=O) groups is 2. The van der Waals surface area contributed by atoms with E-state index in [1.807, 2.05) is 12.1 Å². The van der Waals surface area contributed by atoms with Crippen LogP contribution in [0.2, 0.25) is 0 Å². The fraction of sp³-hybridized carbons (Fsp3) is 0.481. The zero-order valence-corrected chi connectivity index (χ0v) is 23.0. The van der Waals surface area contributed by atoms with Crippen molar-refractivity contribution >= 4 is 47.2 Å². The normalized spacial score (nSPS) is 11.7. The lowest BCUT2D eigenvalue weighted by atomic mass is 10.0. The summed E-state index contributed by atoms with van der Waals surface area (Å²) >= 11 is 4.68. The zero-order valence-electron chi connectivity index (χ0n) is 20.5. The predicted molar refractivity (Wildman–Crippen MR) is 148 cm³/mol. The van der Waals surface area contributed by atoms with Gasteiger partial charge in [-0.2, -0.15) is 13.2 Å². The van der Waals surface area contributed by atoms with E-state index in [2.05, 4.69) is 12.1 Å². The van der Waals surface area contributed by atoms with Crippen molar-refractivity contribution in [2.24, 2.45) is 0 Å². The first-order valence-electron chi connectivity index (χ1n) is 12.2. The number of thioether (sulfide) groups is 3. The first kappa shape index (κ1) is 31.4. The molecule has 2 rings (SSSR count). The molecule has 204 valence electrons. The summed E-state index contributed by atoms with van der Waals surface area (Å²) < 4.78 is 37.9. The monoisotopic (exact) mass is 574 g/mol. The fourth-order valence-corrected chi connectivity index (χ4v) is 7.31. The van der Waals surface area contributed by atoms with Gasteiger partial charge in [0.05, 0.1) is 23.0 Å². The SMILES string of the molecule is O=C(O)CCSC(SCCC(=O)O)c1ccccc1CCCCCCCSc1ccc(C(F)(F)F)cc1. The van der Waals surface area contributed by atoms with Crippen LogP contribution in [0.25, 0.3) is 0 Å². The molecule has 0 bridgehead atoms. The van der Waals surface area contributed by atoms with Crippen LogP contribution in [0, 0.1) is 0 Å². The topological polar surface area (TPSA) is 74.6 Å². The first-order valence-corrected chi connectivity index (χ1v) is 15.3. The smallest absolute Gasteiger partial charge is 0.416 e. The molecule has 0 saturated carbocycles. The van der Waals surface area contributed by atoms with Gasteiger partial charge >= 0.3 is 18.1 Å². The van der Waals surface area contributed by atoms with E-state index in [9.17, 15) is 22.8 Å². The van der Waals surface area contributed by atoms with Crippen LogP contribution in [-0.4, -0.2) is 39.4 Å². The number of carboxylic acid groups (broad SMARTS) is 2. The molecule has 2 aromatic rings. The number of unbranched alkanes of at least 4 members (excludes halogenated alkanes) is 4. The van der Waals surface area contributed by atoms with Gasteiger partial charge in [-0.15, -0.1) is 35.3 Å². The number of carboxylic acids is 2. The van der Waals surface area contributed by atoms with Gasteiger partial charge in [-0.3, -0.25) is 9.59 Å². The maximum absolute atomic E-state index is 12.6. The van der Waals surface area contributed by atoms with Crippen LogP contribution in [0.1, 0.15) is 66.2 Å². The molecule has 0 saturated heterocycles. The molecule has 2 N–H and O–H groups in total. The Bertz CT molecular complexity index is 948. The van der Waals surface area contributed by atoms with Crippen molar-refractivity contribution in [1.29, 1.82) is 0 Å². The lowest BCUT2D eigenvalue weighted by Gasteiger charge is -2.20. The molecule has 2 aromatic carbocycles. The molecule has 0 heterocycles. The second kappa shape index (κ2) is 16.9. The molecule has 0 spiro atoms. The number of alkyl halides is 3. The van der Waals surface area contributed by atoms with Gasteiger partial charge in [-0.25, -0.2) is 0 Å². The predicted octanol–water partition coefficient (Wildman–Crippen LogP) is 8.41. The lowest BCUT2D eigenvalue weighted by Crippen LogP contribution is -2.03. The summed E-state index contributed by atoms with van der Waals surface area (Å²) in [5.74, 6) is 0.134. The maximum atomic E-state index is 12.6. The van der Waals surface area contributed by atoms with Crippen LogP contribution in [0.3, 0.4) is 0 Å². The highest BCUT2D eigenvalue weighted by Gasteiger charge is 2.29. The minimum Gasteiger partial charge on any atom is -0.481 e. The number of hydrogen-bond donors (Lipinski definition) is 2. The van der Waals surface area contributed by atoms with E-state index >= 15 is 0 Å². The third-order valence-corrected chi connectivity index (χ3v) is 9.43. The second-order valence-electron chi connectivity index (χ2n) is 8.45. The Morgan fingerprint density at radius 2 is 1.32 bits per heavy atom. The maximum Gasteiger partial charge on any atom is 0.416 e. The Balaban J connectivity index is 1.74. The summed E-state index contributed by atoms with van der Waals surface area (Å²) in [6.07, 6.45) is 1.99. The summed E-state index contributed by atoms with van der Waals surface area (Å²) in [6, 6.07) is 13.4. The summed E-state index contributed by atoms with van der Waals surface area (Å²) in [4.78, 5) is 22.7. The first-order chi connectivity index (χ1) is 17.7. The van der Waals surface area contributed by atoms with E-state index in [-0.39, 0.29) is 17.4 Å². The molecule has 0 unspecified atom stereocenters. The highest BCUT2D eigenvalue weighted by molar-refractivity contribution is 8.16. The van der Waals surface area contributed by atoms with E-state index in [1.54, 1.807) is 35.3 Å². The van der Waals surface area contributed by atoms with Gasteiger partial charge in [0.25, 0.3) is 0 Å². The van der Waals surface area contributed by atoms with Gasteiger partial charge in [0, 0.05) is 16.4 Å². The quantitative estimate of drug-likeness (QED) is 0.105. The Morgan fingerprint density at radius 1 is 0.757 bits per heavy atom. The Labute approximate surface area is 229 Å². The minimum absolute atomic E-state index is 0.00266. The van der Waals surface area contributed by atoms with Crippen molar-refractivity contribution in [2.75, 3.05) is 17.3 Å². The van der Waals surface area contributed by atoms with Crippen LogP contribution >= 0.6 is 35.3 Å². The van der Waals surface area contributed by atoms with E-state index < -0.39 is 23.7 Å². The van der Waals surface area contributed by atoms with Gasteiger partial charge in [0.2, 0.25) is 0 Å². The molecule has 10 heteroatoms. The van der Waals surface area contributed by atoms with Gasteiger partial charge in [-0.05, 0) is 60.4 Å². The number of rotatable bonds is 18. The fourth-order valence-electron chi connectivity index (χ4n) is 3.60. The third-order valence-electron chi connectivity index (χ3n) is 5.52. The number of benzene rings is 2. The van der Waals surface area contributed by atoms with Gasteiger partial charge in [0.15, 0.2) is 0 Å². The number of aryl methyl sites for hydroxylation is 1. The van der Waals surface area contributed by atoms with E-state index in [4.69, 9.17) is 10.2 Å². The van der Waals surface area contributed by atoms with Gasteiger partial charge in [0.1, 0.15) is 0 Å². The molecule has 4 nitrogen and oxygen atoms in total. The third kappa shape index (κ3) is 13.0. The van der Waals surface area contributed by atoms with Crippen molar-refractivity contribution in [3.63, 3.8) is 0 Å². The van der Waals surface area contributed by atoms with Gasteiger partial charge in [-0.1, -0.05) is 43.5 Å². The Hall–Kier alpha value is -1.78. The van der Waals surface area contributed by atoms with E-state index in [1.165, 1.54) is 17.7 Å². The number of halogens is 3. The Morgan fingerprint density at radius 3 is 1.92 bits per heavy atom. The molecular formula is C27H33F3O4S3. The molecule has 0 aliphatic heterocycles. The molecule has 0 aromatic heterocycles. The number of hydrogen-bond acceptors (Lipinski definition) is 5. The van der Waals surface area contributed by atoms with Gasteiger partial charge < -0.3 is 10.2 Å².